The normalized spacial score (nSPS) is 21.2. The van der Waals surface area contributed by atoms with Gasteiger partial charge in [-0.05, 0) is 23.7 Å². The number of rotatable bonds is 4. The van der Waals surface area contributed by atoms with Crippen LogP contribution in [0.15, 0.2) is 42.7 Å². The first kappa shape index (κ1) is 34.1. The zero-order valence-corrected chi connectivity index (χ0v) is 28.0. The third kappa shape index (κ3) is 7.16. The molecule has 4 atom stereocenters. The lowest BCUT2D eigenvalue weighted by Crippen LogP contribution is -2.34. The second-order valence-corrected chi connectivity index (χ2v) is 13.1. The van der Waals surface area contributed by atoms with Crippen LogP contribution in [0, 0.1) is 23.7 Å². The molecule has 1 aliphatic rings. The van der Waals surface area contributed by atoms with Gasteiger partial charge in [0.2, 0.25) is 23.6 Å². The third-order valence-electron chi connectivity index (χ3n) is 7.90. The van der Waals surface area contributed by atoms with Crippen molar-refractivity contribution in [1.82, 2.24) is 41.2 Å². The van der Waals surface area contributed by atoms with E-state index in [1.807, 2.05) is 55.4 Å². The van der Waals surface area contributed by atoms with Crippen molar-refractivity contribution in [2.75, 3.05) is 0 Å². The van der Waals surface area contributed by atoms with Crippen LogP contribution >= 0.6 is 0 Å². The van der Waals surface area contributed by atoms with Crippen molar-refractivity contribution in [3.63, 3.8) is 0 Å². The van der Waals surface area contributed by atoms with E-state index in [0.717, 1.165) is 0 Å². The maximum absolute atomic E-state index is 13.3. The summed E-state index contributed by atoms with van der Waals surface area (Å²) in [7, 11) is 0. The minimum atomic E-state index is -0.727. The molecule has 48 heavy (non-hydrogen) atoms. The zero-order valence-electron chi connectivity index (χ0n) is 28.0. The first-order valence-corrected chi connectivity index (χ1v) is 15.8. The molecule has 0 spiro atoms. The van der Waals surface area contributed by atoms with E-state index in [1.54, 1.807) is 0 Å². The molecule has 0 aliphatic carbocycles. The number of amides is 4. The molecule has 16 heteroatoms. The number of hydrogen-bond donors (Lipinski definition) is 4. The van der Waals surface area contributed by atoms with Gasteiger partial charge in [-0.3, -0.25) is 19.2 Å². The Balaban J connectivity index is 1.53. The molecular weight excluding hydrogens is 624 g/mol. The first-order valence-electron chi connectivity index (χ1n) is 15.8. The fraction of sp³-hybridized carbons (Fsp3) is 0.500. The van der Waals surface area contributed by atoms with Gasteiger partial charge in [0.05, 0.1) is 0 Å². The van der Waals surface area contributed by atoms with E-state index < -0.39 is 47.8 Å². The Morgan fingerprint density at radius 1 is 0.417 bits per heavy atom. The number of hydrogen-bond acceptors (Lipinski definition) is 12. The molecule has 4 aromatic rings. The second kappa shape index (κ2) is 13.8. The van der Waals surface area contributed by atoms with Crippen LogP contribution in [-0.4, -0.2) is 43.6 Å². The van der Waals surface area contributed by atoms with Crippen LogP contribution < -0.4 is 21.3 Å². The molecule has 0 saturated heterocycles. The number of oxazole rings is 4. The van der Waals surface area contributed by atoms with E-state index in [-0.39, 0.29) is 70.0 Å². The standard InChI is InChI=1S/C32H40N8O8/c1-13(2)21-29-33-18(9-45-29)26(42)38-23(15(5)6)31-35-20(11-47-31)28(44)40-24(16(7)8)32-36-19(12-48-32)27(43)39-22(14(3)4)30-34-17(10-46-30)25(41)37-21/h9-16,21-24H,1-8H3,(H,37,41)(H,38,42)(H,39,43)(H,40,44). The fourth-order valence-electron chi connectivity index (χ4n) is 5.05. The average molecular weight is 665 g/mol. The van der Waals surface area contributed by atoms with Gasteiger partial charge in [-0.25, -0.2) is 19.9 Å². The minimum absolute atomic E-state index is 0.0288. The summed E-state index contributed by atoms with van der Waals surface area (Å²) in [6.45, 7) is 14.8. The molecule has 4 N–H and O–H groups in total. The van der Waals surface area contributed by atoms with Crippen LogP contribution in [0.5, 0.6) is 0 Å². The van der Waals surface area contributed by atoms with Gasteiger partial charge in [0.1, 0.15) is 49.2 Å². The Morgan fingerprint density at radius 2 is 0.604 bits per heavy atom. The Labute approximate surface area is 276 Å². The second-order valence-electron chi connectivity index (χ2n) is 13.1. The SMILES string of the molecule is CC(C)C1NC(=O)c2coc(n2)C(C(C)C)NC(=O)c2coc(n2)C(C(C)C)NC(=O)c2coc(n2)C(C(C)C)NC(=O)c2coc1n2. The molecular formula is C32H40N8O8. The van der Waals surface area contributed by atoms with Crippen molar-refractivity contribution in [2.24, 2.45) is 23.7 Å². The van der Waals surface area contributed by atoms with E-state index in [0.29, 0.717) is 0 Å². The summed E-state index contributed by atoms with van der Waals surface area (Å²) in [6, 6.07) is -2.91. The van der Waals surface area contributed by atoms with Crippen molar-refractivity contribution >= 4 is 23.6 Å². The molecule has 16 nitrogen and oxygen atoms in total. The van der Waals surface area contributed by atoms with E-state index in [2.05, 4.69) is 41.2 Å². The number of aromatic nitrogens is 4. The van der Waals surface area contributed by atoms with Gasteiger partial charge >= 0.3 is 0 Å². The summed E-state index contributed by atoms with van der Waals surface area (Å²) in [4.78, 5) is 70.7. The predicted octanol–water partition coefficient (Wildman–Crippen LogP) is 4.46. The van der Waals surface area contributed by atoms with Gasteiger partial charge in [-0.1, -0.05) is 55.4 Å². The highest BCUT2D eigenvalue weighted by Gasteiger charge is 2.33. The van der Waals surface area contributed by atoms with Crippen molar-refractivity contribution in [3.8, 4) is 0 Å². The topological polar surface area (TPSA) is 221 Å². The summed E-state index contributed by atoms with van der Waals surface area (Å²) in [6.07, 6.45) is 4.79. The third-order valence-corrected chi connectivity index (χ3v) is 7.90. The number of fused-ring (bicyclic) bond motifs is 8. The van der Waals surface area contributed by atoms with E-state index in [9.17, 15) is 19.2 Å². The quantitative estimate of drug-likeness (QED) is 0.238. The highest BCUT2D eigenvalue weighted by molar-refractivity contribution is 5.94. The fourth-order valence-corrected chi connectivity index (χ4v) is 5.05. The van der Waals surface area contributed by atoms with Crippen LogP contribution in [-0.2, 0) is 0 Å². The highest BCUT2D eigenvalue weighted by Crippen LogP contribution is 2.27. The predicted molar refractivity (Wildman–Crippen MR) is 166 cm³/mol. The molecule has 4 aromatic heterocycles. The van der Waals surface area contributed by atoms with E-state index >= 15 is 0 Å². The molecule has 4 amide bonds. The summed E-state index contributed by atoms with van der Waals surface area (Å²) in [5, 5.41) is 11.4. The van der Waals surface area contributed by atoms with Gasteiger partial charge in [0.25, 0.3) is 23.6 Å². The summed E-state index contributed by atoms with van der Waals surface area (Å²) in [5.41, 5.74) is -0.115. The van der Waals surface area contributed by atoms with E-state index in [4.69, 9.17) is 17.7 Å². The molecule has 8 bridgehead atoms. The van der Waals surface area contributed by atoms with Crippen LogP contribution in [0.1, 0.15) is 145 Å². The maximum atomic E-state index is 13.3. The van der Waals surface area contributed by atoms with Crippen molar-refractivity contribution < 1.29 is 36.8 Å². The molecule has 1 aliphatic heterocycles. The molecule has 4 unspecified atom stereocenters. The molecule has 0 radical (unpaired) electrons. The zero-order chi connectivity index (χ0) is 34.9. The molecule has 5 heterocycles. The Morgan fingerprint density at radius 3 is 0.771 bits per heavy atom. The molecule has 5 rings (SSSR count). The lowest BCUT2D eigenvalue weighted by Gasteiger charge is -2.20. The Kier molecular flexibility index (Phi) is 9.82. The number of carbonyl (C=O) groups excluding carboxylic acids is 4. The largest absolute Gasteiger partial charge is 0.446 e. The van der Waals surface area contributed by atoms with Gasteiger partial charge in [-0.2, -0.15) is 0 Å². The lowest BCUT2D eigenvalue weighted by molar-refractivity contribution is 0.0904. The van der Waals surface area contributed by atoms with Crippen LogP contribution in [0.2, 0.25) is 0 Å². The van der Waals surface area contributed by atoms with Gasteiger partial charge < -0.3 is 38.9 Å². The maximum Gasteiger partial charge on any atom is 0.273 e. The van der Waals surface area contributed by atoms with Gasteiger partial charge in [-0.15, -0.1) is 0 Å². The van der Waals surface area contributed by atoms with Gasteiger partial charge in [0.15, 0.2) is 22.8 Å². The van der Waals surface area contributed by atoms with E-state index in [1.165, 1.54) is 25.1 Å². The summed E-state index contributed by atoms with van der Waals surface area (Å²) >= 11 is 0. The van der Waals surface area contributed by atoms with Crippen molar-refractivity contribution in [3.05, 3.63) is 71.4 Å². The van der Waals surface area contributed by atoms with Crippen LogP contribution in [0.25, 0.3) is 0 Å². The van der Waals surface area contributed by atoms with Gasteiger partial charge in [0, 0.05) is 0 Å². The van der Waals surface area contributed by atoms with Crippen LogP contribution in [0.3, 0.4) is 0 Å². The molecule has 0 fully saturated rings. The van der Waals surface area contributed by atoms with Crippen molar-refractivity contribution in [1.29, 1.82) is 0 Å². The smallest absolute Gasteiger partial charge is 0.273 e. The lowest BCUT2D eigenvalue weighted by atomic mass is 10.0. The summed E-state index contributed by atoms with van der Waals surface area (Å²) in [5.74, 6) is -2.63. The summed E-state index contributed by atoms with van der Waals surface area (Å²) < 4.78 is 22.6. The number of carbonyl (C=O) groups is 4. The monoisotopic (exact) mass is 664 g/mol. The average Bonchev–Trinajstić information content (AvgIpc) is 3.85. The molecule has 0 saturated carbocycles. The number of nitrogens with one attached hydrogen (secondary N) is 4. The Hall–Kier alpha value is -5.28. The molecule has 0 aromatic carbocycles. The Bertz CT molecular complexity index is 1520. The van der Waals surface area contributed by atoms with Crippen molar-refractivity contribution in [2.45, 2.75) is 79.6 Å². The first-order chi connectivity index (χ1) is 22.7. The number of nitrogens with zero attached hydrogens (tertiary/aromatic N) is 4. The minimum Gasteiger partial charge on any atom is -0.446 e. The highest BCUT2D eigenvalue weighted by atomic mass is 16.4. The molecule has 256 valence electrons. The van der Waals surface area contributed by atoms with Crippen LogP contribution in [0.4, 0.5) is 0 Å².